The molecule has 0 amide bonds. The van der Waals surface area contributed by atoms with Crippen molar-refractivity contribution in [1.29, 1.82) is 0 Å². The second-order valence-corrected chi connectivity index (χ2v) is 16.7. The van der Waals surface area contributed by atoms with E-state index in [1.54, 1.807) is 0 Å². The molecule has 0 aliphatic rings. The van der Waals surface area contributed by atoms with E-state index in [1.807, 2.05) is 0 Å². The summed E-state index contributed by atoms with van der Waals surface area (Å²) in [5, 5.41) is 0. The summed E-state index contributed by atoms with van der Waals surface area (Å²) in [7, 11) is -3.15. The number of benzene rings is 1. The Morgan fingerprint density at radius 2 is 1.59 bits per heavy atom. The zero-order valence-corrected chi connectivity index (χ0v) is 17.1. The summed E-state index contributed by atoms with van der Waals surface area (Å²) in [4.78, 5) is 0. The van der Waals surface area contributed by atoms with E-state index in [-0.39, 0.29) is 6.10 Å². The van der Waals surface area contributed by atoms with Crippen molar-refractivity contribution in [2.45, 2.75) is 64.6 Å². The van der Waals surface area contributed by atoms with Crippen LogP contribution in [0.1, 0.15) is 18.4 Å². The smallest absolute Gasteiger partial charge is 0.241 e. The number of rotatable bonds is 9. The Balaban J connectivity index is 2.61. The SMILES string of the molecule is C=C(CC(CCc1ccccc1)O[Si](C)(C)C)O[Si](C)(C)C. The molecule has 1 aromatic carbocycles. The highest BCUT2D eigenvalue weighted by Crippen LogP contribution is 2.21. The lowest BCUT2D eigenvalue weighted by Gasteiger charge is -2.29. The zero-order chi connectivity index (χ0) is 16.8. The van der Waals surface area contributed by atoms with Crippen LogP contribution in [0.3, 0.4) is 0 Å². The van der Waals surface area contributed by atoms with Crippen molar-refractivity contribution < 1.29 is 8.85 Å². The molecule has 0 heterocycles. The molecule has 0 fully saturated rings. The molecule has 0 N–H and O–H groups in total. The number of hydrogen-bond donors (Lipinski definition) is 0. The van der Waals surface area contributed by atoms with Gasteiger partial charge in [0.2, 0.25) is 8.32 Å². The van der Waals surface area contributed by atoms with Gasteiger partial charge in [-0.1, -0.05) is 36.9 Å². The predicted molar refractivity (Wildman–Crippen MR) is 101 cm³/mol. The summed E-state index contributed by atoms with van der Waals surface area (Å²) in [6.07, 6.45) is 3.07. The fraction of sp³-hybridized carbons (Fsp3) is 0.556. The molecule has 0 aliphatic heterocycles. The summed E-state index contributed by atoms with van der Waals surface area (Å²) >= 11 is 0. The van der Waals surface area contributed by atoms with Gasteiger partial charge in [-0.2, -0.15) is 0 Å². The molecule has 0 saturated heterocycles. The second kappa shape index (κ2) is 8.13. The topological polar surface area (TPSA) is 18.5 Å². The molecule has 22 heavy (non-hydrogen) atoms. The van der Waals surface area contributed by atoms with Gasteiger partial charge in [-0.25, -0.2) is 0 Å². The normalized spacial score (nSPS) is 13.7. The molecule has 1 rings (SSSR count). The lowest BCUT2D eigenvalue weighted by atomic mass is 10.0. The van der Waals surface area contributed by atoms with Crippen LogP contribution in [-0.4, -0.2) is 22.7 Å². The molecule has 0 bridgehead atoms. The third-order valence-corrected chi connectivity index (χ3v) is 4.97. The van der Waals surface area contributed by atoms with Gasteiger partial charge in [0.15, 0.2) is 8.32 Å². The zero-order valence-electron chi connectivity index (χ0n) is 15.1. The first-order valence-electron chi connectivity index (χ1n) is 8.14. The predicted octanol–water partition coefficient (Wildman–Crippen LogP) is 5.59. The maximum Gasteiger partial charge on any atom is 0.241 e. The van der Waals surface area contributed by atoms with Gasteiger partial charge in [0, 0.05) is 6.42 Å². The number of aryl methyl sites for hydroxylation is 1. The Hall–Kier alpha value is -0.846. The highest BCUT2D eigenvalue weighted by molar-refractivity contribution is 6.70. The van der Waals surface area contributed by atoms with Crippen LogP contribution in [0.15, 0.2) is 42.7 Å². The molecule has 124 valence electrons. The van der Waals surface area contributed by atoms with Crippen molar-refractivity contribution in [3.8, 4) is 0 Å². The van der Waals surface area contributed by atoms with Crippen molar-refractivity contribution in [3.05, 3.63) is 48.2 Å². The largest absolute Gasteiger partial charge is 0.548 e. The van der Waals surface area contributed by atoms with Crippen molar-refractivity contribution in [3.63, 3.8) is 0 Å². The van der Waals surface area contributed by atoms with Crippen molar-refractivity contribution in [1.82, 2.24) is 0 Å². The molecule has 1 unspecified atom stereocenters. The maximum atomic E-state index is 6.36. The van der Waals surface area contributed by atoms with E-state index >= 15 is 0 Å². The Morgan fingerprint density at radius 3 is 2.09 bits per heavy atom. The number of hydrogen-bond acceptors (Lipinski definition) is 2. The quantitative estimate of drug-likeness (QED) is 0.432. The average Bonchev–Trinajstić information content (AvgIpc) is 2.33. The average molecular weight is 337 g/mol. The fourth-order valence-corrected chi connectivity index (χ4v) is 4.55. The van der Waals surface area contributed by atoms with Gasteiger partial charge in [0.25, 0.3) is 0 Å². The molecule has 0 spiro atoms. The van der Waals surface area contributed by atoms with E-state index in [9.17, 15) is 0 Å². The van der Waals surface area contributed by atoms with Gasteiger partial charge in [-0.3, -0.25) is 0 Å². The van der Waals surface area contributed by atoms with E-state index in [0.29, 0.717) is 0 Å². The monoisotopic (exact) mass is 336 g/mol. The van der Waals surface area contributed by atoms with Crippen LogP contribution in [0, 0.1) is 0 Å². The lowest BCUT2D eigenvalue weighted by Crippen LogP contribution is -2.33. The van der Waals surface area contributed by atoms with Gasteiger partial charge in [0.1, 0.15) is 0 Å². The minimum Gasteiger partial charge on any atom is -0.548 e. The van der Waals surface area contributed by atoms with E-state index in [4.69, 9.17) is 8.85 Å². The Kier molecular flexibility index (Phi) is 7.10. The molecule has 1 aromatic rings. The van der Waals surface area contributed by atoms with E-state index < -0.39 is 16.6 Å². The van der Waals surface area contributed by atoms with Crippen LogP contribution in [-0.2, 0) is 15.3 Å². The minimum atomic E-state index is -1.58. The molecular formula is C18H32O2Si2. The third kappa shape index (κ3) is 9.23. The van der Waals surface area contributed by atoms with Gasteiger partial charge < -0.3 is 8.85 Å². The van der Waals surface area contributed by atoms with Gasteiger partial charge >= 0.3 is 0 Å². The Labute approximate surface area is 138 Å². The maximum absolute atomic E-state index is 6.36. The van der Waals surface area contributed by atoms with E-state index in [0.717, 1.165) is 25.0 Å². The highest BCUT2D eigenvalue weighted by atomic mass is 28.4. The molecular weight excluding hydrogens is 304 g/mol. The molecule has 4 heteroatoms. The summed E-state index contributed by atoms with van der Waals surface area (Å²) in [6, 6.07) is 10.6. The van der Waals surface area contributed by atoms with E-state index in [1.165, 1.54) is 5.56 Å². The van der Waals surface area contributed by atoms with Crippen molar-refractivity contribution in [2.75, 3.05) is 0 Å². The Bertz CT molecular complexity index is 458. The van der Waals surface area contributed by atoms with Crippen LogP contribution in [0.4, 0.5) is 0 Å². The highest BCUT2D eigenvalue weighted by Gasteiger charge is 2.24. The summed E-state index contributed by atoms with van der Waals surface area (Å²) in [5.74, 6) is 0.885. The minimum absolute atomic E-state index is 0.204. The Morgan fingerprint density at radius 1 is 1.00 bits per heavy atom. The summed E-state index contributed by atoms with van der Waals surface area (Å²) < 4.78 is 12.4. The lowest BCUT2D eigenvalue weighted by molar-refractivity contribution is 0.169. The molecule has 0 radical (unpaired) electrons. The van der Waals surface area contributed by atoms with Gasteiger partial charge in [-0.05, 0) is 57.7 Å². The standard InChI is InChI=1S/C18H32O2Si2/c1-16(19-21(2,3)4)15-18(20-22(5,6)7)14-13-17-11-9-8-10-12-17/h8-12,18H,1,13-15H2,2-7H3. The van der Waals surface area contributed by atoms with E-state index in [2.05, 4.69) is 76.2 Å². The molecule has 0 aliphatic carbocycles. The summed E-state index contributed by atoms with van der Waals surface area (Å²) in [6.45, 7) is 17.4. The molecule has 2 nitrogen and oxygen atoms in total. The molecule has 0 saturated carbocycles. The first kappa shape index (κ1) is 19.2. The summed E-state index contributed by atoms with van der Waals surface area (Å²) in [5.41, 5.74) is 1.36. The van der Waals surface area contributed by atoms with Crippen molar-refractivity contribution >= 4 is 16.6 Å². The first-order valence-corrected chi connectivity index (χ1v) is 15.0. The molecule has 1 atom stereocenters. The van der Waals surface area contributed by atoms with Crippen molar-refractivity contribution in [2.24, 2.45) is 0 Å². The van der Waals surface area contributed by atoms with Crippen LogP contribution >= 0.6 is 0 Å². The van der Waals surface area contributed by atoms with Gasteiger partial charge in [-0.15, -0.1) is 0 Å². The third-order valence-electron chi connectivity index (χ3n) is 3.02. The van der Waals surface area contributed by atoms with Crippen LogP contribution < -0.4 is 0 Å². The van der Waals surface area contributed by atoms with Crippen LogP contribution in [0.5, 0.6) is 0 Å². The fourth-order valence-electron chi connectivity index (χ4n) is 2.40. The van der Waals surface area contributed by atoms with Crippen LogP contribution in [0.25, 0.3) is 0 Å². The second-order valence-electron chi connectivity index (χ2n) is 7.83. The molecule has 0 aromatic heterocycles. The first-order chi connectivity index (χ1) is 10.1. The van der Waals surface area contributed by atoms with Gasteiger partial charge in [0.05, 0.1) is 11.9 Å². The van der Waals surface area contributed by atoms with Crippen LogP contribution in [0.2, 0.25) is 39.3 Å².